The molecule has 1 aliphatic heterocycles. The SMILES string of the molecule is C=CC(=O)NC1CC(NC(=O)c2ccc3c(c2)CCN3C)C1. The number of rotatable bonds is 4. The van der Waals surface area contributed by atoms with E-state index in [1.165, 1.54) is 17.3 Å². The van der Waals surface area contributed by atoms with Gasteiger partial charge in [-0.2, -0.15) is 0 Å². The first kappa shape index (κ1) is 14.6. The molecule has 0 aromatic heterocycles. The number of nitrogens with zero attached hydrogens (tertiary/aromatic N) is 1. The highest BCUT2D eigenvalue weighted by atomic mass is 16.2. The lowest BCUT2D eigenvalue weighted by Gasteiger charge is -2.36. The van der Waals surface area contributed by atoms with Gasteiger partial charge in [0.1, 0.15) is 0 Å². The molecule has 2 N–H and O–H groups in total. The number of benzene rings is 1. The predicted octanol–water partition coefficient (Wildman–Crippen LogP) is 1.24. The maximum Gasteiger partial charge on any atom is 0.251 e. The van der Waals surface area contributed by atoms with Crippen molar-refractivity contribution in [2.24, 2.45) is 0 Å². The number of nitrogens with one attached hydrogen (secondary N) is 2. The van der Waals surface area contributed by atoms with E-state index >= 15 is 0 Å². The summed E-state index contributed by atoms with van der Waals surface area (Å²) in [7, 11) is 2.07. The van der Waals surface area contributed by atoms with Gasteiger partial charge in [0.2, 0.25) is 5.91 Å². The summed E-state index contributed by atoms with van der Waals surface area (Å²) in [5, 5.41) is 5.86. The van der Waals surface area contributed by atoms with Crippen molar-refractivity contribution in [3.63, 3.8) is 0 Å². The lowest BCUT2D eigenvalue weighted by molar-refractivity contribution is -0.117. The predicted molar refractivity (Wildman–Crippen MR) is 86.0 cm³/mol. The Bertz CT molecular complexity index is 620. The van der Waals surface area contributed by atoms with E-state index in [4.69, 9.17) is 0 Å². The molecule has 116 valence electrons. The Morgan fingerprint density at radius 2 is 2.00 bits per heavy atom. The molecule has 1 heterocycles. The minimum atomic E-state index is -0.155. The van der Waals surface area contributed by atoms with Crippen molar-refractivity contribution in [3.8, 4) is 0 Å². The molecule has 1 fully saturated rings. The zero-order valence-corrected chi connectivity index (χ0v) is 12.8. The summed E-state index contributed by atoms with van der Waals surface area (Å²) in [5.41, 5.74) is 3.17. The number of fused-ring (bicyclic) bond motifs is 1. The van der Waals surface area contributed by atoms with E-state index in [0.29, 0.717) is 5.56 Å². The van der Waals surface area contributed by atoms with Crippen LogP contribution < -0.4 is 15.5 Å². The van der Waals surface area contributed by atoms with Gasteiger partial charge in [-0.25, -0.2) is 0 Å². The van der Waals surface area contributed by atoms with E-state index in [0.717, 1.165) is 25.8 Å². The largest absolute Gasteiger partial charge is 0.374 e. The average Bonchev–Trinajstić information content (AvgIpc) is 2.85. The van der Waals surface area contributed by atoms with Gasteiger partial charge in [-0.3, -0.25) is 9.59 Å². The van der Waals surface area contributed by atoms with Crippen LogP contribution in [0.4, 0.5) is 5.69 Å². The van der Waals surface area contributed by atoms with Gasteiger partial charge in [0.05, 0.1) is 0 Å². The summed E-state index contributed by atoms with van der Waals surface area (Å²) in [5.74, 6) is -0.187. The number of carbonyl (C=O) groups is 2. The van der Waals surface area contributed by atoms with E-state index in [9.17, 15) is 9.59 Å². The number of hydrogen-bond acceptors (Lipinski definition) is 3. The van der Waals surface area contributed by atoms with Crippen LogP contribution in [0.3, 0.4) is 0 Å². The van der Waals surface area contributed by atoms with Gasteiger partial charge in [-0.05, 0) is 49.1 Å². The number of likely N-dealkylation sites (N-methyl/N-ethyl adjacent to an activating group) is 1. The lowest BCUT2D eigenvalue weighted by Crippen LogP contribution is -2.53. The highest BCUT2D eigenvalue weighted by molar-refractivity contribution is 5.95. The van der Waals surface area contributed by atoms with Crippen LogP contribution in [0.5, 0.6) is 0 Å². The van der Waals surface area contributed by atoms with Gasteiger partial charge in [0.25, 0.3) is 5.91 Å². The van der Waals surface area contributed by atoms with Gasteiger partial charge >= 0.3 is 0 Å². The molecule has 0 unspecified atom stereocenters. The van der Waals surface area contributed by atoms with Crippen LogP contribution in [-0.2, 0) is 11.2 Å². The van der Waals surface area contributed by atoms with Gasteiger partial charge in [0, 0.05) is 36.9 Å². The molecule has 5 nitrogen and oxygen atoms in total. The lowest BCUT2D eigenvalue weighted by atomic mass is 9.86. The highest BCUT2D eigenvalue weighted by Crippen LogP contribution is 2.27. The molecule has 1 aliphatic carbocycles. The molecule has 0 saturated heterocycles. The van der Waals surface area contributed by atoms with Crippen LogP contribution in [0.15, 0.2) is 30.9 Å². The Labute approximate surface area is 130 Å². The standard InChI is InChI=1S/C17H21N3O2/c1-3-16(21)18-13-9-14(10-13)19-17(22)12-4-5-15-11(8-12)6-7-20(15)2/h3-5,8,13-14H,1,6-7,9-10H2,2H3,(H,18,21)(H,19,22). The van der Waals surface area contributed by atoms with Gasteiger partial charge in [-0.1, -0.05) is 6.58 Å². The van der Waals surface area contributed by atoms with Gasteiger partial charge in [-0.15, -0.1) is 0 Å². The van der Waals surface area contributed by atoms with Crippen LogP contribution in [-0.4, -0.2) is 37.5 Å². The minimum absolute atomic E-state index is 0.0316. The molecule has 2 amide bonds. The Hall–Kier alpha value is -2.30. The second-order valence-corrected chi connectivity index (χ2v) is 6.07. The zero-order valence-electron chi connectivity index (χ0n) is 12.8. The quantitative estimate of drug-likeness (QED) is 0.822. The summed E-state index contributed by atoms with van der Waals surface area (Å²) in [6.07, 6.45) is 3.82. The molecule has 2 aliphatic rings. The normalized spacial score (nSPS) is 22.5. The van der Waals surface area contributed by atoms with E-state index in [2.05, 4.69) is 29.2 Å². The summed E-state index contributed by atoms with van der Waals surface area (Å²) >= 11 is 0. The molecule has 1 aromatic rings. The smallest absolute Gasteiger partial charge is 0.251 e. The van der Waals surface area contributed by atoms with Crippen molar-refractivity contribution < 1.29 is 9.59 Å². The van der Waals surface area contributed by atoms with Crippen LogP contribution in [0.1, 0.15) is 28.8 Å². The Kier molecular flexibility index (Phi) is 3.88. The highest BCUT2D eigenvalue weighted by Gasteiger charge is 2.31. The van der Waals surface area contributed by atoms with E-state index in [1.807, 2.05) is 18.2 Å². The molecule has 22 heavy (non-hydrogen) atoms. The summed E-state index contributed by atoms with van der Waals surface area (Å²) in [4.78, 5) is 25.7. The fourth-order valence-electron chi connectivity index (χ4n) is 3.09. The number of hydrogen-bond donors (Lipinski definition) is 2. The van der Waals surface area contributed by atoms with Gasteiger partial charge in [0.15, 0.2) is 0 Å². The minimum Gasteiger partial charge on any atom is -0.374 e. The third-order valence-electron chi connectivity index (χ3n) is 4.47. The molecule has 0 bridgehead atoms. The molecule has 5 heteroatoms. The topological polar surface area (TPSA) is 61.4 Å². The molecular formula is C17H21N3O2. The number of carbonyl (C=O) groups excluding carboxylic acids is 2. The molecule has 1 saturated carbocycles. The fourth-order valence-corrected chi connectivity index (χ4v) is 3.09. The van der Waals surface area contributed by atoms with Crippen LogP contribution in [0, 0.1) is 0 Å². The van der Waals surface area contributed by atoms with Gasteiger partial charge < -0.3 is 15.5 Å². The average molecular weight is 299 g/mol. The first-order valence-corrected chi connectivity index (χ1v) is 7.64. The van der Waals surface area contributed by atoms with Crippen molar-refractivity contribution >= 4 is 17.5 Å². The molecule has 0 spiro atoms. The van der Waals surface area contributed by atoms with Crippen LogP contribution in [0.2, 0.25) is 0 Å². The monoisotopic (exact) mass is 299 g/mol. The second kappa shape index (κ2) is 5.83. The summed E-state index contributed by atoms with van der Waals surface area (Å²) < 4.78 is 0. The summed E-state index contributed by atoms with van der Waals surface area (Å²) in [6.45, 7) is 4.44. The number of anilines is 1. The molecule has 3 rings (SSSR count). The number of amides is 2. The van der Waals surface area contributed by atoms with Crippen LogP contribution in [0.25, 0.3) is 0 Å². The zero-order chi connectivity index (χ0) is 15.7. The summed E-state index contributed by atoms with van der Waals surface area (Å²) in [6, 6.07) is 6.17. The van der Waals surface area contributed by atoms with Crippen molar-refractivity contribution in [2.75, 3.05) is 18.5 Å². The van der Waals surface area contributed by atoms with Crippen molar-refractivity contribution in [1.29, 1.82) is 0 Å². The first-order valence-electron chi connectivity index (χ1n) is 7.64. The van der Waals surface area contributed by atoms with Crippen molar-refractivity contribution in [1.82, 2.24) is 10.6 Å². The molecule has 1 aromatic carbocycles. The van der Waals surface area contributed by atoms with E-state index < -0.39 is 0 Å². The molecular weight excluding hydrogens is 278 g/mol. The van der Waals surface area contributed by atoms with E-state index in [-0.39, 0.29) is 23.9 Å². The third kappa shape index (κ3) is 2.84. The molecule has 0 radical (unpaired) electrons. The van der Waals surface area contributed by atoms with Crippen molar-refractivity contribution in [2.45, 2.75) is 31.3 Å². The maximum atomic E-state index is 12.3. The fraction of sp³-hybridized carbons (Fsp3) is 0.412. The van der Waals surface area contributed by atoms with Crippen LogP contribution >= 0.6 is 0 Å². The molecule has 0 atom stereocenters. The first-order chi connectivity index (χ1) is 10.6. The van der Waals surface area contributed by atoms with E-state index in [1.54, 1.807) is 0 Å². The van der Waals surface area contributed by atoms with Crippen molar-refractivity contribution in [3.05, 3.63) is 42.0 Å². The Morgan fingerprint density at radius 1 is 1.27 bits per heavy atom. The maximum absolute atomic E-state index is 12.3. The Morgan fingerprint density at radius 3 is 2.73 bits per heavy atom. The third-order valence-corrected chi connectivity index (χ3v) is 4.47. The Balaban J connectivity index is 1.54. The second-order valence-electron chi connectivity index (χ2n) is 6.07.